The highest BCUT2D eigenvalue weighted by molar-refractivity contribution is 5.95. The summed E-state index contributed by atoms with van der Waals surface area (Å²) in [6.07, 6.45) is 1.43. The van der Waals surface area contributed by atoms with Crippen molar-refractivity contribution in [2.75, 3.05) is 26.9 Å². The van der Waals surface area contributed by atoms with E-state index in [0.717, 1.165) is 17.7 Å². The summed E-state index contributed by atoms with van der Waals surface area (Å²) in [5.41, 5.74) is 4.74. The van der Waals surface area contributed by atoms with Gasteiger partial charge in [0.25, 0.3) is 0 Å². The monoisotopic (exact) mass is 526 g/mol. The number of amides is 2. The highest BCUT2D eigenvalue weighted by Gasteiger charge is 2.32. The normalized spacial score (nSPS) is 15.9. The van der Waals surface area contributed by atoms with Crippen LogP contribution in [0.5, 0.6) is 17.2 Å². The van der Waals surface area contributed by atoms with Crippen LogP contribution >= 0.6 is 0 Å². The van der Waals surface area contributed by atoms with Crippen molar-refractivity contribution < 1.29 is 33.6 Å². The summed E-state index contributed by atoms with van der Waals surface area (Å²) in [7, 11) is 1.28. The standard InChI is InChI=1S/C27H34N4O7/c1-5-13-37-20-10-7-18(8-11-20)15-28-31-23(32)16-38-21-12-9-19(14-22(21)36-6-2)25-24(26(33)35-4)17(3)29-27(34)30-25/h7-12,14-15,23,25,31-32H,5-6,13,16H2,1-4H3,(H2,29,30,34)/b28-15-/t23-,25-/m0/s1. The van der Waals surface area contributed by atoms with E-state index in [4.69, 9.17) is 18.9 Å². The minimum Gasteiger partial charge on any atom is -0.494 e. The van der Waals surface area contributed by atoms with Crippen molar-refractivity contribution in [3.63, 3.8) is 0 Å². The van der Waals surface area contributed by atoms with Crippen LogP contribution in [0.15, 0.2) is 58.8 Å². The number of allylic oxidation sites excluding steroid dienone is 1. The Morgan fingerprint density at radius 1 is 1.13 bits per heavy atom. The van der Waals surface area contributed by atoms with Crippen molar-refractivity contribution in [1.82, 2.24) is 16.1 Å². The number of methoxy groups -OCH3 is 1. The van der Waals surface area contributed by atoms with Crippen LogP contribution in [0.1, 0.15) is 44.4 Å². The summed E-state index contributed by atoms with van der Waals surface area (Å²) < 4.78 is 21.9. The molecule has 0 saturated carbocycles. The Morgan fingerprint density at radius 3 is 2.58 bits per heavy atom. The molecule has 2 amide bonds. The Labute approximate surface area is 221 Å². The number of benzene rings is 2. The first-order valence-corrected chi connectivity index (χ1v) is 12.3. The molecule has 204 valence electrons. The predicted molar refractivity (Wildman–Crippen MR) is 141 cm³/mol. The SMILES string of the molecule is CCCOc1ccc(/C=N\N[C@@H](O)COc2ccc([C@@H]3NC(=O)NC(C)=C3C(=O)OC)cc2OCC)cc1. The molecule has 2 aromatic rings. The third kappa shape index (κ3) is 7.62. The first-order valence-electron chi connectivity index (χ1n) is 12.3. The molecule has 2 aromatic carbocycles. The fraction of sp³-hybridized carbons (Fsp3) is 0.370. The summed E-state index contributed by atoms with van der Waals surface area (Å²) in [5.74, 6) is 0.995. The fourth-order valence-electron chi connectivity index (χ4n) is 3.69. The lowest BCUT2D eigenvalue weighted by molar-refractivity contribution is -0.136. The van der Waals surface area contributed by atoms with Crippen LogP contribution < -0.4 is 30.3 Å². The zero-order chi connectivity index (χ0) is 27.5. The Hall–Kier alpha value is -4.25. The number of ether oxygens (including phenoxy) is 4. The van der Waals surface area contributed by atoms with Crippen LogP contribution in [-0.2, 0) is 9.53 Å². The molecule has 4 N–H and O–H groups in total. The van der Waals surface area contributed by atoms with E-state index in [9.17, 15) is 14.7 Å². The molecule has 38 heavy (non-hydrogen) atoms. The molecule has 0 unspecified atom stereocenters. The molecule has 1 heterocycles. The van der Waals surface area contributed by atoms with Gasteiger partial charge < -0.3 is 34.7 Å². The summed E-state index contributed by atoms with van der Waals surface area (Å²) in [5, 5.41) is 19.6. The van der Waals surface area contributed by atoms with Gasteiger partial charge in [0.2, 0.25) is 0 Å². The number of hydrogen-bond acceptors (Lipinski definition) is 9. The third-order valence-corrected chi connectivity index (χ3v) is 5.46. The summed E-state index contributed by atoms with van der Waals surface area (Å²) in [6, 6.07) is 11.3. The van der Waals surface area contributed by atoms with Gasteiger partial charge in [-0.05, 0) is 67.8 Å². The van der Waals surface area contributed by atoms with Crippen LogP contribution in [0.3, 0.4) is 0 Å². The molecule has 11 heteroatoms. The zero-order valence-electron chi connectivity index (χ0n) is 21.9. The maximum absolute atomic E-state index is 12.4. The number of hydrazone groups is 1. The van der Waals surface area contributed by atoms with E-state index in [2.05, 4.69) is 21.2 Å². The van der Waals surface area contributed by atoms with Gasteiger partial charge in [0.05, 0.1) is 38.2 Å². The highest BCUT2D eigenvalue weighted by Crippen LogP contribution is 2.34. The van der Waals surface area contributed by atoms with Gasteiger partial charge in [-0.1, -0.05) is 13.0 Å². The van der Waals surface area contributed by atoms with Crippen molar-refractivity contribution in [3.8, 4) is 17.2 Å². The molecule has 0 bridgehead atoms. The minimum absolute atomic E-state index is 0.114. The lowest BCUT2D eigenvalue weighted by Gasteiger charge is -2.28. The quantitative estimate of drug-likeness (QED) is 0.135. The van der Waals surface area contributed by atoms with Crippen LogP contribution in [0.25, 0.3) is 0 Å². The molecule has 1 aliphatic heterocycles. The van der Waals surface area contributed by atoms with Gasteiger partial charge in [-0.2, -0.15) is 5.10 Å². The number of rotatable bonds is 13. The van der Waals surface area contributed by atoms with Gasteiger partial charge in [-0.3, -0.25) is 5.43 Å². The van der Waals surface area contributed by atoms with Crippen LogP contribution in [0.2, 0.25) is 0 Å². The summed E-state index contributed by atoms with van der Waals surface area (Å²) in [4.78, 5) is 24.5. The average molecular weight is 527 g/mol. The number of esters is 1. The maximum Gasteiger partial charge on any atom is 0.337 e. The number of aliphatic hydroxyl groups excluding tert-OH is 1. The number of aliphatic hydroxyl groups is 1. The number of carbonyl (C=O) groups excluding carboxylic acids is 2. The van der Waals surface area contributed by atoms with Crippen LogP contribution in [0.4, 0.5) is 4.79 Å². The molecular weight excluding hydrogens is 492 g/mol. The first-order chi connectivity index (χ1) is 18.4. The van der Waals surface area contributed by atoms with E-state index < -0.39 is 24.3 Å². The molecule has 2 atom stereocenters. The second-order valence-corrected chi connectivity index (χ2v) is 8.33. The average Bonchev–Trinajstić information content (AvgIpc) is 2.91. The highest BCUT2D eigenvalue weighted by atomic mass is 16.5. The summed E-state index contributed by atoms with van der Waals surface area (Å²) >= 11 is 0. The lowest BCUT2D eigenvalue weighted by atomic mass is 9.95. The first kappa shape index (κ1) is 28.3. The zero-order valence-corrected chi connectivity index (χ0v) is 21.9. The van der Waals surface area contributed by atoms with Gasteiger partial charge in [0.1, 0.15) is 12.4 Å². The van der Waals surface area contributed by atoms with Gasteiger partial charge >= 0.3 is 12.0 Å². The van der Waals surface area contributed by atoms with Crippen LogP contribution in [0, 0.1) is 0 Å². The molecule has 0 aromatic heterocycles. The van der Waals surface area contributed by atoms with E-state index in [0.29, 0.717) is 36.0 Å². The van der Waals surface area contributed by atoms with Gasteiger partial charge in [-0.15, -0.1) is 0 Å². The smallest absolute Gasteiger partial charge is 0.337 e. The Balaban J connectivity index is 1.64. The van der Waals surface area contributed by atoms with Crippen molar-refractivity contribution >= 4 is 18.2 Å². The van der Waals surface area contributed by atoms with E-state index in [1.165, 1.54) is 7.11 Å². The number of nitrogens with zero attached hydrogens (tertiary/aromatic N) is 1. The number of hydrogen-bond donors (Lipinski definition) is 4. The topological polar surface area (TPSA) is 140 Å². The van der Waals surface area contributed by atoms with Gasteiger partial charge in [-0.25, -0.2) is 9.59 Å². The van der Waals surface area contributed by atoms with E-state index in [1.54, 1.807) is 31.3 Å². The predicted octanol–water partition coefficient (Wildman–Crippen LogP) is 3.00. The van der Waals surface area contributed by atoms with E-state index >= 15 is 0 Å². The number of urea groups is 1. The number of carbonyl (C=O) groups is 2. The molecule has 0 radical (unpaired) electrons. The van der Waals surface area contributed by atoms with Crippen molar-refractivity contribution in [2.45, 2.75) is 39.5 Å². The summed E-state index contributed by atoms with van der Waals surface area (Å²) in [6.45, 7) is 6.40. The Morgan fingerprint density at radius 2 is 1.89 bits per heavy atom. The van der Waals surface area contributed by atoms with E-state index in [1.807, 2.05) is 38.1 Å². The molecule has 11 nitrogen and oxygen atoms in total. The van der Waals surface area contributed by atoms with Crippen molar-refractivity contribution in [2.24, 2.45) is 5.10 Å². The molecule has 0 spiro atoms. The largest absolute Gasteiger partial charge is 0.494 e. The molecule has 0 fully saturated rings. The molecule has 0 saturated heterocycles. The molecular formula is C27H34N4O7. The molecule has 0 aliphatic carbocycles. The Kier molecular flexibility index (Phi) is 10.4. The molecule has 1 aliphatic rings. The van der Waals surface area contributed by atoms with Crippen molar-refractivity contribution in [3.05, 3.63) is 64.9 Å². The number of nitrogens with one attached hydrogen (secondary N) is 3. The van der Waals surface area contributed by atoms with Crippen LogP contribution in [-0.4, -0.2) is 56.5 Å². The Bertz CT molecular complexity index is 1160. The van der Waals surface area contributed by atoms with Gasteiger partial charge in [0.15, 0.2) is 17.7 Å². The maximum atomic E-state index is 12.4. The fourth-order valence-corrected chi connectivity index (χ4v) is 3.69. The third-order valence-electron chi connectivity index (χ3n) is 5.46. The molecule has 3 rings (SSSR count). The second-order valence-electron chi connectivity index (χ2n) is 8.33. The minimum atomic E-state index is -1.09. The lowest BCUT2D eigenvalue weighted by Crippen LogP contribution is -2.45. The van der Waals surface area contributed by atoms with Crippen molar-refractivity contribution in [1.29, 1.82) is 0 Å². The van der Waals surface area contributed by atoms with E-state index in [-0.39, 0.29) is 12.2 Å². The second kappa shape index (κ2) is 13.9. The van der Waals surface area contributed by atoms with Gasteiger partial charge in [0, 0.05) is 5.70 Å².